The first kappa shape index (κ1) is 28.3. The maximum Gasteiger partial charge on any atom is 0.240 e. The van der Waals surface area contributed by atoms with E-state index in [1.54, 1.807) is 7.11 Å². The molecule has 2 atom stereocenters. The predicted molar refractivity (Wildman–Crippen MR) is 154 cm³/mol. The number of piperazine rings is 1. The predicted octanol–water partition coefficient (Wildman–Crippen LogP) is 5.05. The largest absolute Gasteiger partial charge is 0.495 e. The molecule has 9 heteroatoms. The summed E-state index contributed by atoms with van der Waals surface area (Å²) in [6, 6.07) is 19.1. The third kappa shape index (κ3) is 6.40. The van der Waals surface area contributed by atoms with Gasteiger partial charge < -0.3 is 14.5 Å². The number of nitrogens with zero attached hydrogens (tertiary/aromatic N) is 4. The first-order valence-corrected chi connectivity index (χ1v) is 14.0. The Balaban J connectivity index is 1.29. The van der Waals surface area contributed by atoms with Crippen molar-refractivity contribution in [2.24, 2.45) is 0 Å². The van der Waals surface area contributed by atoms with E-state index in [0.29, 0.717) is 49.7 Å². The van der Waals surface area contributed by atoms with E-state index in [2.05, 4.69) is 14.7 Å². The van der Waals surface area contributed by atoms with Crippen LogP contribution < -0.4 is 9.64 Å². The number of carbonyl (C=O) groups is 1. The zero-order valence-electron chi connectivity index (χ0n) is 22.9. The number of likely N-dealkylation sites (N-methyl/N-ethyl adjacent to an activating group) is 1. The monoisotopic (exact) mass is 568 g/mol. The highest BCUT2D eigenvalue weighted by Gasteiger charge is 2.41. The highest BCUT2D eigenvalue weighted by Crippen LogP contribution is 2.30. The van der Waals surface area contributed by atoms with Crippen molar-refractivity contribution in [2.45, 2.75) is 31.6 Å². The summed E-state index contributed by atoms with van der Waals surface area (Å²) in [6.45, 7) is 4.27. The lowest BCUT2D eigenvalue weighted by Gasteiger charge is -2.38. The maximum atomic E-state index is 14.4. The van der Waals surface area contributed by atoms with E-state index in [1.807, 2.05) is 60.5 Å². The Morgan fingerprint density at radius 2 is 1.80 bits per heavy atom. The number of halogens is 3. The van der Waals surface area contributed by atoms with E-state index in [0.717, 1.165) is 36.2 Å². The zero-order valence-corrected chi connectivity index (χ0v) is 23.7. The minimum atomic E-state index is -0.589. The first-order chi connectivity index (χ1) is 19.3. The first-order valence-electron chi connectivity index (χ1n) is 13.6. The Bertz CT molecular complexity index is 1330. The summed E-state index contributed by atoms with van der Waals surface area (Å²) < 4.78 is 33.4. The average molecular weight is 569 g/mol. The summed E-state index contributed by atoms with van der Waals surface area (Å²) in [6.07, 6.45) is 0.630. The van der Waals surface area contributed by atoms with Gasteiger partial charge in [-0.3, -0.25) is 14.6 Å². The Labute approximate surface area is 239 Å². The van der Waals surface area contributed by atoms with Crippen molar-refractivity contribution in [2.75, 3.05) is 51.8 Å². The van der Waals surface area contributed by atoms with Crippen molar-refractivity contribution in [3.8, 4) is 5.75 Å². The third-order valence-electron chi connectivity index (χ3n) is 8.02. The molecular formula is C31H35ClF2N4O2. The van der Waals surface area contributed by atoms with Crippen molar-refractivity contribution in [3.05, 3.63) is 94.5 Å². The number of rotatable bonds is 8. The highest BCUT2D eigenvalue weighted by molar-refractivity contribution is 6.30. The normalized spacial score (nSPS) is 19.9. The van der Waals surface area contributed by atoms with Crippen LogP contribution in [0.25, 0.3) is 0 Å². The standard InChI is InChI=1S/C31H35ClF2N4O2/c1-35(20-23-10-11-25(33)17-27(23)34)26-18-29(38(21-26)19-22-6-5-7-24(32)16-22)31(39)37-14-12-36(13-15-37)28-8-3-4-9-30(28)40-2/h3-11,16-17,26,29H,12-15,18-21H2,1-2H3. The number of para-hydroxylation sites is 2. The molecule has 2 saturated heterocycles. The smallest absolute Gasteiger partial charge is 0.240 e. The molecule has 3 aromatic rings. The van der Waals surface area contributed by atoms with Gasteiger partial charge in [0.2, 0.25) is 5.91 Å². The molecular weight excluding hydrogens is 534 g/mol. The van der Waals surface area contributed by atoms with Crippen LogP contribution >= 0.6 is 11.6 Å². The van der Waals surface area contributed by atoms with Crippen LogP contribution in [0.5, 0.6) is 5.75 Å². The number of anilines is 1. The van der Waals surface area contributed by atoms with Crippen LogP contribution in [0.1, 0.15) is 17.5 Å². The van der Waals surface area contributed by atoms with Gasteiger partial charge in [0, 0.05) is 68.5 Å². The van der Waals surface area contributed by atoms with E-state index in [4.69, 9.17) is 16.3 Å². The lowest BCUT2D eigenvalue weighted by Crippen LogP contribution is -2.53. The fourth-order valence-electron chi connectivity index (χ4n) is 5.82. The number of ether oxygens (including phenoxy) is 1. The zero-order chi connectivity index (χ0) is 28.2. The molecule has 2 aliphatic rings. The quantitative estimate of drug-likeness (QED) is 0.380. The van der Waals surface area contributed by atoms with Gasteiger partial charge in [-0.2, -0.15) is 0 Å². The molecule has 212 valence electrons. The van der Waals surface area contributed by atoms with Crippen LogP contribution in [0.4, 0.5) is 14.5 Å². The molecule has 0 saturated carbocycles. The van der Waals surface area contributed by atoms with Gasteiger partial charge in [-0.25, -0.2) is 8.78 Å². The minimum absolute atomic E-state index is 0.0347. The number of benzene rings is 3. The molecule has 3 aromatic carbocycles. The molecule has 0 bridgehead atoms. The molecule has 5 rings (SSSR count). The molecule has 0 aromatic heterocycles. The van der Waals surface area contributed by atoms with Crippen molar-refractivity contribution >= 4 is 23.2 Å². The number of hydrogen-bond donors (Lipinski definition) is 0. The van der Waals surface area contributed by atoms with E-state index in [-0.39, 0.29) is 18.0 Å². The van der Waals surface area contributed by atoms with Crippen molar-refractivity contribution < 1.29 is 18.3 Å². The molecule has 0 aliphatic carbocycles. The maximum absolute atomic E-state index is 14.4. The summed E-state index contributed by atoms with van der Waals surface area (Å²) >= 11 is 6.25. The molecule has 2 heterocycles. The number of amides is 1. The van der Waals surface area contributed by atoms with Gasteiger partial charge in [-0.1, -0.05) is 41.9 Å². The van der Waals surface area contributed by atoms with Gasteiger partial charge in [0.15, 0.2) is 0 Å². The van der Waals surface area contributed by atoms with Gasteiger partial charge in [0.05, 0.1) is 18.8 Å². The number of methoxy groups -OCH3 is 1. The van der Waals surface area contributed by atoms with Crippen LogP contribution in [0.15, 0.2) is 66.7 Å². The van der Waals surface area contributed by atoms with Gasteiger partial charge in [-0.05, 0) is 49.4 Å². The van der Waals surface area contributed by atoms with E-state index in [9.17, 15) is 13.6 Å². The van der Waals surface area contributed by atoms with Crippen molar-refractivity contribution in [1.82, 2.24) is 14.7 Å². The van der Waals surface area contributed by atoms with Crippen LogP contribution in [-0.2, 0) is 17.9 Å². The van der Waals surface area contributed by atoms with Gasteiger partial charge >= 0.3 is 0 Å². The molecule has 0 N–H and O–H groups in total. The van der Waals surface area contributed by atoms with Gasteiger partial charge in [-0.15, -0.1) is 0 Å². The molecule has 1 amide bonds. The Kier molecular flexibility index (Phi) is 8.88. The Morgan fingerprint density at radius 1 is 1.02 bits per heavy atom. The molecule has 2 fully saturated rings. The van der Waals surface area contributed by atoms with Crippen molar-refractivity contribution in [3.63, 3.8) is 0 Å². The molecule has 40 heavy (non-hydrogen) atoms. The average Bonchev–Trinajstić information content (AvgIpc) is 3.38. The number of carbonyl (C=O) groups excluding carboxylic acids is 1. The van der Waals surface area contributed by atoms with E-state index >= 15 is 0 Å². The lowest BCUT2D eigenvalue weighted by molar-refractivity contribution is -0.136. The van der Waals surface area contributed by atoms with Gasteiger partial charge in [0.1, 0.15) is 17.4 Å². The summed E-state index contributed by atoms with van der Waals surface area (Å²) in [7, 11) is 3.61. The van der Waals surface area contributed by atoms with Crippen LogP contribution in [0, 0.1) is 11.6 Å². The highest BCUT2D eigenvalue weighted by atomic mass is 35.5. The third-order valence-corrected chi connectivity index (χ3v) is 8.25. The SMILES string of the molecule is COc1ccccc1N1CCN(C(=O)C2CC(N(C)Cc3ccc(F)cc3F)CN2Cc2cccc(Cl)c2)CC1. The second kappa shape index (κ2) is 12.5. The number of hydrogen-bond acceptors (Lipinski definition) is 5. The van der Waals surface area contributed by atoms with E-state index in [1.165, 1.54) is 12.1 Å². The van der Waals surface area contributed by atoms with Crippen LogP contribution in [-0.4, -0.2) is 79.6 Å². The fourth-order valence-corrected chi connectivity index (χ4v) is 6.03. The molecule has 6 nitrogen and oxygen atoms in total. The number of likely N-dealkylation sites (tertiary alicyclic amines) is 1. The Morgan fingerprint density at radius 3 is 2.52 bits per heavy atom. The van der Waals surface area contributed by atoms with Gasteiger partial charge in [0.25, 0.3) is 0 Å². The summed E-state index contributed by atoms with van der Waals surface area (Å²) in [5.74, 6) is -0.199. The Hall–Kier alpha value is -3.20. The van der Waals surface area contributed by atoms with Crippen molar-refractivity contribution in [1.29, 1.82) is 0 Å². The van der Waals surface area contributed by atoms with Crippen LogP contribution in [0.3, 0.4) is 0 Å². The minimum Gasteiger partial charge on any atom is -0.495 e. The topological polar surface area (TPSA) is 39.3 Å². The summed E-state index contributed by atoms with van der Waals surface area (Å²) in [5, 5.41) is 0.660. The van der Waals surface area contributed by atoms with Crippen LogP contribution in [0.2, 0.25) is 5.02 Å². The molecule has 2 unspecified atom stereocenters. The molecule has 0 spiro atoms. The summed E-state index contributed by atoms with van der Waals surface area (Å²) in [5.41, 5.74) is 2.52. The fraction of sp³-hybridized carbons (Fsp3) is 0.387. The summed E-state index contributed by atoms with van der Waals surface area (Å²) in [4.78, 5) is 22.4. The second-order valence-corrected chi connectivity index (χ2v) is 11.0. The second-order valence-electron chi connectivity index (χ2n) is 10.6. The molecule has 0 radical (unpaired) electrons. The van der Waals surface area contributed by atoms with E-state index < -0.39 is 11.6 Å². The molecule has 2 aliphatic heterocycles. The lowest BCUT2D eigenvalue weighted by atomic mass is 10.1.